The van der Waals surface area contributed by atoms with Crippen molar-refractivity contribution in [3.05, 3.63) is 114 Å². The molecule has 0 radical (unpaired) electrons. The monoisotopic (exact) mass is 412 g/mol. The smallest absolute Gasteiger partial charge is 0.0386 e. The molecule has 1 aliphatic heterocycles. The van der Waals surface area contributed by atoms with Gasteiger partial charge in [0.15, 0.2) is 0 Å². The maximum atomic E-state index is 2.43. The van der Waals surface area contributed by atoms with Crippen LogP contribution in [0.1, 0.15) is 17.5 Å². The highest BCUT2D eigenvalue weighted by molar-refractivity contribution is 8.00. The zero-order chi connectivity index (χ0) is 20.4. The first kappa shape index (κ1) is 17.4. The molecule has 1 aliphatic carbocycles. The lowest BCUT2D eigenvalue weighted by atomic mass is 9.88. The summed E-state index contributed by atoms with van der Waals surface area (Å²) in [5.41, 5.74) is 5.57. The van der Waals surface area contributed by atoms with Crippen LogP contribution in [0.2, 0.25) is 0 Å². The second kappa shape index (κ2) is 6.60. The van der Waals surface area contributed by atoms with Crippen LogP contribution in [0.5, 0.6) is 0 Å². The molecule has 0 N–H and O–H groups in total. The van der Waals surface area contributed by atoms with Gasteiger partial charge in [-0.05, 0) is 79.2 Å². The summed E-state index contributed by atoms with van der Waals surface area (Å²) < 4.78 is 0. The molecule has 31 heavy (non-hydrogen) atoms. The van der Waals surface area contributed by atoms with E-state index in [2.05, 4.69) is 103 Å². The van der Waals surface area contributed by atoms with Gasteiger partial charge in [0.1, 0.15) is 0 Å². The molecule has 0 bridgehead atoms. The van der Waals surface area contributed by atoms with Crippen molar-refractivity contribution in [2.24, 2.45) is 0 Å². The highest BCUT2D eigenvalue weighted by Crippen LogP contribution is 2.49. The number of benzene rings is 5. The van der Waals surface area contributed by atoms with E-state index in [4.69, 9.17) is 0 Å². The Morgan fingerprint density at radius 1 is 0.613 bits per heavy atom. The standard InChI is InChI=1S/C30H20S/c1-2-9-23-21(7-1)22-8-3-4-10-24(22)27-17-19(13-15-25(23)27)20-14-16-30-28(18-20)26-11-5-6-12-29(26)31-30/h1-15,17-18,30H,16H2. The summed E-state index contributed by atoms with van der Waals surface area (Å²) in [6.07, 6.45) is 5.95. The van der Waals surface area contributed by atoms with Gasteiger partial charge in [0.2, 0.25) is 0 Å². The Bertz CT molecular complexity index is 1550. The van der Waals surface area contributed by atoms with E-state index < -0.39 is 0 Å². The van der Waals surface area contributed by atoms with Gasteiger partial charge in [0, 0.05) is 10.1 Å². The van der Waals surface area contributed by atoms with Gasteiger partial charge in [-0.1, -0.05) is 84.9 Å². The van der Waals surface area contributed by atoms with Crippen molar-refractivity contribution in [1.82, 2.24) is 0 Å². The third kappa shape index (κ3) is 2.57. The van der Waals surface area contributed by atoms with Crippen molar-refractivity contribution in [2.45, 2.75) is 16.6 Å². The van der Waals surface area contributed by atoms with Gasteiger partial charge in [0.05, 0.1) is 0 Å². The molecule has 146 valence electrons. The number of fused-ring (bicyclic) bond motifs is 9. The van der Waals surface area contributed by atoms with E-state index in [1.54, 1.807) is 0 Å². The van der Waals surface area contributed by atoms with Gasteiger partial charge in [-0.2, -0.15) is 0 Å². The Morgan fingerprint density at radius 3 is 1.97 bits per heavy atom. The van der Waals surface area contributed by atoms with Gasteiger partial charge in [0.25, 0.3) is 0 Å². The van der Waals surface area contributed by atoms with E-state index in [1.807, 2.05) is 11.8 Å². The van der Waals surface area contributed by atoms with Crippen molar-refractivity contribution in [3.8, 4) is 0 Å². The first-order valence-corrected chi connectivity index (χ1v) is 11.8. The van der Waals surface area contributed by atoms with Crippen LogP contribution in [0.3, 0.4) is 0 Å². The second-order valence-corrected chi connectivity index (χ2v) is 9.69. The van der Waals surface area contributed by atoms with Crippen LogP contribution in [0.15, 0.2) is 108 Å². The zero-order valence-corrected chi connectivity index (χ0v) is 17.8. The largest absolute Gasteiger partial charge is 0.117 e. The molecule has 2 aliphatic rings. The molecule has 1 unspecified atom stereocenters. The average Bonchev–Trinajstić information content (AvgIpc) is 3.22. The van der Waals surface area contributed by atoms with Crippen LogP contribution in [-0.4, -0.2) is 5.25 Å². The van der Waals surface area contributed by atoms with Crippen molar-refractivity contribution < 1.29 is 0 Å². The molecule has 0 fully saturated rings. The van der Waals surface area contributed by atoms with Gasteiger partial charge in [-0.25, -0.2) is 0 Å². The third-order valence-electron chi connectivity index (χ3n) is 6.75. The fourth-order valence-electron chi connectivity index (χ4n) is 5.29. The Morgan fingerprint density at radius 2 is 1.23 bits per heavy atom. The fourth-order valence-corrected chi connectivity index (χ4v) is 6.58. The van der Waals surface area contributed by atoms with Crippen LogP contribution in [-0.2, 0) is 0 Å². The molecule has 0 saturated carbocycles. The van der Waals surface area contributed by atoms with Gasteiger partial charge in [-0.15, -0.1) is 11.8 Å². The van der Waals surface area contributed by atoms with Crippen LogP contribution >= 0.6 is 11.8 Å². The van der Waals surface area contributed by atoms with Crippen LogP contribution < -0.4 is 0 Å². The Labute approximate surface area is 185 Å². The number of allylic oxidation sites excluding steroid dienone is 3. The highest BCUT2D eigenvalue weighted by Gasteiger charge is 2.29. The minimum absolute atomic E-state index is 0.561. The van der Waals surface area contributed by atoms with Crippen molar-refractivity contribution in [1.29, 1.82) is 0 Å². The lowest BCUT2D eigenvalue weighted by Crippen LogP contribution is -2.03. The molecule has 1 heteroatoms. The highest BCUT2D eigenvalue weighted by atomic mass is 32.2. The zero-order valence-electron chi connectivity index (χ0n) is 17.0. The number of hydrogen-bond acceptors (Lipinski definition) is 1. The summed E-state index contributed by atoms with van der Waals surface area (Å²) in [6, 6.07) is 33.5. The minimum Gasteiger partial charge on any atom is -0.117 e. The molecular formula is C30H20S. The van der Waals surface area contributed by atoms with Crippen molar-refractivity contribution in [2.75, 3.05) is 0 Å². The van der Waals surface area contributed by atoms with E-state index in [0.717, 1.165) is 6.42 Å². The molecule has 0 aromatic heterocycles. The molecule has 0 saturated heterocycles. The molecule has 5 aromatic rings. The predicted octanol–water partition coefficient (Wildman–Crippen LogP) is 8.49. The average molecular weight is 413 g/mol. The van der Waals surface area contributed by atoms with E-state index >= 15 is 0 Å². The molecule has 0 amide bonds. The SMILES string of the molecule is C1=C(c2ccc3c4ccccc4c4ccccc4c3c2)C=C2c3ccccc3SC2C1. The fraction of sp³-hybridized carbons (Fsp3) is 0.0667. The molecule has 7 rings (SSSR count). The van der Waals surface area contributed by atoms with E-state index in [1.165, 1.54) is 59.5 Å². The van der Waals surface area contributed by atoms with Crippen LogP contribution in [0, 0.1) is 0 Å². The van der Waals surface area contributed by atoms with Gasteiger partial charge >= 0.3 is 0 Å². The van der Waals surface area contributed by atoms with Crippen molar-refractivity contribution >= 4 is 55.2 Å². The van der Waals surface area contributed by atoms with E-state index in [-0.39, 0.29) is 0 Å². The van der Waals surface area contributed by atoms with E-state index in [0.29, 0.717) is 5.25 Å². The normalized spacial score (nSPS) is 17.5. The van der Waals surface area contributed by atoms with E-state index in [9.17, 15) is 0 Å². The summed E-state index contributed by atoms with van der Waals surface area (Å²) in [5, 5.41) is 8.57. The molecule has 0 nitrogen and oxygen atoms in total. The Balaban J connectivity index is 1.45. The Kier molecular flexibility index (Phi) is 3.71. The third-order valence-corrected chi connectivity index (χ3v) is 8.10. The summed E-state index contributed by atoms with van der Waals surface area (Å²) in [6.45, 7) is 0. The molecule has 5 aromatic carbocycles. The van der Waals surface area contributed by atoms with Crippen molar-refractivity contribution in [3.63, 3.8) is 0 Å². The molecule has 1 heterocycles. The second-order valence-electron chi connectivity index (χ2n) is 8.45. The van der Waals surface area contributed by atoms with Crippen LogP contribution in [0.4, 0.5) is 0 Å². The summed E-state index contributed by atoms with van der Waals surface area (Å²) in [4.78, 5) is 1.42. The summed E-state index contributed by atoms with van der Waals surface area (Å²) >= 11 is 2.01. The van der Waals surface area contributed by atoms with Gasteiger partial charge < -0.3 is 0 Å². The van der Waals surface area contributed by atoms with Crippen LogP contribution in [0.25, 0.3) is 43.5 Å². The Hall–Kier alpha value is -3.29. The number of rotatable bonds is 1. The minimum atomic E-state index is 0.561. The molecule has 1 atom stereocenters. The molecule has 0 spiro atoms. The first-order valence-electron chi connectivity index (χ1n) is 10.9. The van der Waals surface area contributed by atoms with Gasteiger partial charge in [-0.3, -0.25) is 0 Å². The predicted molar refractivity (Wildman–Crippen MR) is 136 cm³/mol. The molecular weight excluding hydrogens is 392 g/mol. The maximum Gasteiger partial charge on any atom is 0.0386 e. The lowest BCUT2D eigenvalue weighted by molar-refractivity contribution is 1.09. The maximum absolute atomic E-state index is 2.43. The quantitative estimate of drug-likeness (QED) is 0.249. The lowest BCUT2D eigenvalue weighted by Gasteiger charge is -2.18. The number of thioether (sulfide) groups is 1. The topological polar surface area (TPSA) is 0 Å². The number of hydrogen-bond donors (Lipinski definition) is 0. The summed E-state index contributed by atoms with van der Waals surface area (Å²) in [7, 11) is 0. The first-order chi connectivity index (χ1) is 15.4. The summed E-state index contributed by atoms with van der Waals surface area (Å²) in [5.74, 6) is 0.